The third-order valence-electron chi connectivity index (χ3n) is 4.56. The Morgan fingerprint density at radius 3 is 2.65 bits per heavy atom. The van der Waals surface area contributed by atoms with E-state index >= 15 is 0 Å². The van der Waals surface area contributed by atoms with Crippen LogP contribution in [0.3, 0.4) is 0 Å². The first-order chi connectivity index (χ1) is 12.1. The SMILES string of the molecule is CN=C(NCc1ccc(Cl)cc1OC)N1CCC(CC(=O)NC)CC1.I. The molecule has 0 unspecified atom stereocenters. The van der Waals surface area contributed by atoms with Gasteiger partial charge in [0.25, 0.3) is 0 Å². The van der Waals surface area contributed by atoms with Crippen molar-refractivity contribution in [1.82, 2.24) is 15.5 Å². The standard InChI is InChI=1S/C18H27ClN4O2.HI/c1-20-17(24)10-13-6-8-23(9-7-13)18(21-2)22-12-14-4-5-15(19)11-16(14)25-3;/h4-5,11,13H,6-10,12H2,1-3H3,(H,20,24)(H,21,22);1H. The lowest BCUT2D eigenvalue weighted by atomic mass is 9.93. The van der Waals surface area contributed by atoms with Crippen molar-refractivity contribution in [3.63, 3.8) is 0 Å². The van der Waals surface area contributed by atoms with Crippen LogP contribution < -0.4 is 15.4 Å². The molecule has 0 aliphatic carbocycles. The van der Waals surface area contributed by atoms with Crippen LogP contribution in [-0.4, -0.2) is 51.1 Å². The molecular formula is C18H28ClIN4O2. The average molecular weight is 495 g/mol. The molecule has 0 bridgehead atoms. The molecule has 1 aliphatic heterocycles. The van der Waals surface area contributed by atoms with Crippen molar-refractivity contribution in [2.75, 3.05) is 34.3 Å². The van der Waals surface area contributed by atoms with Crippen LogP contribution in [0.4, 0.5) is 0 Å². The number of amides is 1. The van der Waals surface area contributed by atoms with Gasteiger partial charge in [-0.2, -0.15) is 0 Å². The molecule has 0 atom stereocenters. The summed E-state index contributed by atoms with van der Waals surface area (Å²) in [6.45, 7) is 2.42. The topological polar surface area (TPSA) is 66.0 Å². The van der Waals surface area contributed by atoms with Crippen LogP contribution in [-0.2, 0) is 11.3 Å². The Hall–Kier alpha value is -1.22. The van der Waals surface area contributed by atoms with Crippen LogP contribution in [0.25, 0.3) is 0 Å². The van der Waals surface area contributed by atoms with E-state index in [-0.39, 0.29) is 29.9 Å². The van der Waals surface area contributed by atoms with Gasteiger partial charge in [-0.25, -0.2) is 0 Å². The molecule has 0 aromatic heterocycles. The van der Waals surface area contributed by atoms with Gasteiger partial charge < -0.3 is 20.3 Å². The Morgan fingerprint density at radius 1 is 1.38 bits per heavy atom. The highest BCUT2D eigenvalue weighted by molar-refractivity contribution is 14.0. The first kappa shape index (κ1) is 22.8. The van der Waals surface area contributed by atoms with E-state index in [0.717, 1.165) is 43.2 Å². The van der Waals surface area contributed by atoms with Crippen LogP contribution >= 0.6 is 35.6 Å². The number of carbonyl (C=O) groups is 1. The van der Waals surface area contributed by atoms with E-state index in [1.165, 1.54) is 0 Å². The molecule has 1 heterocycles. The van der Waals surface area contributed by atoms with Crippen LogP contribution in [0.1, 0.15) is 24.8 Å². The van der Waals surface area contributed by atoms with E-state index in [0.29, 0.717) is 23.9 Å². The first-order valence-corrected chi connectivity index (χ1v) is 8.93. The van der Waals surface area contributed by atoms with Gasteiger partial charge in [0.15, 0.2) is 5.96 Å². The number of likely N-dealkylation sites (tertiary alicyclic amines) is 1. The van der Waals surface area contributed by atoms with E-state index in [1.54, 1.807) is 21.2 Å². The van der Waals surface area contributed by atoms with E-state index in [4.69, 9.17) is 16.3 Å². The minimum atomic E-state index is 0. The van der Waals surface area contributed by atoms with Crippen molar-refractivity contribution in [3.05, 3.63) is 28.8 Å². The molecule has 146 valence electrons. The summed E-state index contributed by atoms with van der Waals surface area (Å²) in [6, 6.07) is 5.62. The van der Waals surface area contributed by atoms with Gasteiger partial charge in [-0.05, 0) is 30.9 Å². The summed E-state index contributed by atoms with van der Waals surface area (Å²) in [5, 5.41) is 6.75. The number of ether oxygens (including phenoxy) is 1. The van der Waals surface area contributed by atoms with E-state index in [2.05, 4.69) is 20.5 Å². The number of guanidine groups is 1. The van der Waals surface area contributed by atoms with E-state index < -0.39 is 0 Å². The van der Waals surface area contributed by atoms with Gasteiger partial charge in [-0.1, -0.05) is 17.7 Å². The van der Waals surface area contributed by atoms with Gasteiger partial charge in [0, 0.05) is 50.7 Å². The zero-order valence-corrected chi connectivity index (χ0v) is 18.6. The molecule has 2 N–H and O–H groups in total. The maximum absolute atomic E-state index is 11.5. The van der Waals surface area contributed by atoms with Gasteiger partial charge in [-0.3, -0.25) is 9.79 Å². The molecule has 2 rings (SSSR count). The Kier molecular flexibility index (Phi) is 10.1. The summed E-state index contributed by atoms with van der Waals surface area (Å²) in [4.78, 5) is 18.1. The Morgan fingerprint density at radius 2 is 2.08 bits per heavy atom. The van der Waals surface area contributed by atoms with E-state index in [9.17, 15) is 4.79 Å². The number of hydrogen-bond acceptors (Lipinski definition) is 3. The number of aliphatic imine (C=N–C) groups is 1. The molecule has 1 saturated heterocycles. The third-order valence-corrected chi connectivity index (χ3v) is 4.80. The number of benzene rings is 1. The highest BCUT2D eigenvalue weighted by atomic mass is 127. The highest BCUT2D eigenvalue weighted by Crippen LogP contribution is 2.23. The Balaban J connectivity index is 0.00000338. The van der Waals surface area contributed by atoms with Gasteiger partial charge in [0.1, 0.15) is 5.75 Å². The molecule has 0 radical (unpaired) electrons. The number of rotatable bonds is 5. The lowest BCUT2D eigenvalue weighted by Crippen LogP contribution is -2.45. The van der Waals surface area contributed by atoms with Gasteiger partial charge in [-0.15, -0.1) is 24.0 Å². The monoisotopic (exact) mass is 494 g/mol. The molecule has 1 aromatic rings. The molecule has 26 heavy (non-hydrogen) atoms. The Labute approximate surface area is 177 Å². The summed E-state index contributed by atoms with van der Waals surface area (Å²) < 4.78 is 5.38. The first-order valence-electron chi connectivity index (χ1n) is 8.56. The van der Waals surface area contributed by atoms with Crippen molar-refractivity contribution >= 4 is 47.4 Å². The molecule has 1 aromatic carbocycles. The zero-order valence-electron chi connectivity index (χ0n) is 15.5. The minimum Gasteiger partial charge on any atom is -0.496 e. The number of methoxy groups -OCH3 is 1. The fourth-order valence-electron chi connectivity index (χ4n) is 3.08. The van der Waals surface area contributed by atoms with Gasteiger partial charge >= 0.3 is 0 Å². The Bertz CT molecular complexity index is 619. The number of hydrogen-bond donors (Lipinski definition) is 2. The van der Waals surface area contributed by atoms with E-state index in [1.807, 2.05) is 18.2 Å². The second kappa shape index (κ2) is 11.5. The number of piperidine rings is 1. The lowest BCUT2D eigenvalue weighted by Gasteiger charge is -2.34. The maximum atomic E-state index is 11.5. The molecule has 6 nitrogen and oxygen atoms in total. The van der Waals surface area contributed by atoms with Gasteiger partial charge in [0.05, 0.1) is 7.11 Å². The second-order valence-corrected chi connectivity index (χ2v) is 6.60. The van der Waals surface area contributed by atoms with Crippen molar-refractivity contribution in [3.8, 4) is 5.75 Å². The number of halogens is 2. The fraction of sp³-hybridized carbons (Fsp3) is 0.556. The average Bonchev–Trinajstić information content (AvgIpc) is 2.64. The second-order valence-electron chi connectivity index (χ2n) is 6.16. The minimum absolute atomic E-state index is 0. The molecule has 1 aliphatic rings. The van der Waals surface area contributed by atoms with Crippen molar-refractivity contribution in [2.24, 2.45) is 10.9 Å². The molecule has 1 amide bonds. The summed E-state index contributed by atoms with van der Waals surface area (Å²) >= 11 is 6.01. The third kappa shape index (κ3) is 6.50. The maximum Gasteiger partial charge on any atom is 0.220 e. The number of nitrogens with one attached hydrogen (secondary N) is 2. The van der Waals surface area contributed by atoms with Crippen LogP contribution in [0.5, 0.6) is 5.75 Å². The molecule has 0 spiro atoms. The molecule has 0 saturated carbocycles. The smallest absolute Gasteiger partial charge is 0.220 e. The van der Waals surface area contributed by atoms with Gasteiger partial charge in [0.2, 0.25) is 5.91 Å². The summed E-state index contributed by atoms with van der Waals surface area (Å²) in [5.74, 6) is 2.21. The molecule has 1 fully saturated rings. The van der Waals surface area contributed by atoms with Crippen molar-refractivity contribution < 1.29 is 9.53 Å². The highest BCUT2D eigenvalue weighted by Gasteiger charge is 2.23. The predicted octanol–water partition coefficient (Wildman–Crippen LogP) is 2.89. The zero-order chi connectivity index (χ0) is 18.2. The lowest BCUT2D eigenvalue weighted by molar-refractivity contribution is -0.121. The normalized spacial score (nSPS) is 15.2. The summed E-state index contributed by atoms with van der Waals surface area (Å²) in [6.07, 6.45) is 2.61. The predicted molar refractivity (Wildman–Crippen MR) is 117 cm³/mol. The summed E-state index contributed by atoms with van der Waals surface area (Å²) in [5.41, 5.74) is 1.03. The number of nitrogens with zero attached hydrogens (tertiary/aromatic N) is 2. The van der Waals surface area contributed by atoms with Crippen LogP contribution in [0.15, 0.2) is 23.2 Å². The van der Waals surface area contributed by atoms with Crippen LogP contribution in [0.2, 0.25) is 5.02 Å². The molecular weight excluding hydrogens is 467 g/mol. The van der Waals surface area contributed by atoms with Crippen LogP contribution in [0, 0.1) is 5.92 Å². The fourth-order valence-corrected chi connectivity index (χ4v) is 3.25. The largest absolute Gasteiger partial charge is 0.496 e. The van der Waals surface area contributed by atoms with Crippen molar-refractivity contribution in [2.45, 2.75) is 25.8 Å². The quantitative estimate of drug-likeness (QED) is 0.375. The summed E-state index contributed by atoms with van der Waals surface area (Å²) in [7, 11) is 5.12. The molecule has 8 heteroatoms. The van der Waals surface area contributed by atoms with Crippen molar-refractivity contribution in [1.29, 1.82) is 0 Å². The number of carbonyl (C=O) groups excluding carboxylic acids is 1.